The summed E-state index contributed by atoms with van der Waals surface area (Å²) in [4.78, 5) is 12.4. The third-order valence-corrected chi connectivity index (χ3v) is 5.17. The third-order valence-electron chi connectivity index (χ3n) is 4.10. The van der Waals surface area contributed by atoms with E-state index in [9.17, 15) is 4.79 Å². The van der Waals surface area contributed by atoms with Crippen molar-refractivity contribution in [2.45, 2.75) is 45.1 Å². The molecular weight excluding hydrogens is 306 g/mol. The first-order chi connectivity index (χ1) is 8.96. The minimum Gasteiger partial charge on any atom is -0.344 e. The first-order valence-corrected chi connectivity index (χ1v) is 7.97. The van der Waals surface area contributed by atoms with E-state index in [4.69, 9.17) is 0 Å². The molecule has 0 saturated heterocycles. The third kappa shape index (κ3) is 3.19. The molecule has 1 aliphatic carbocycles. The number of nitrogens with zero attached hydrogens (tertiary/aromatic N) is 2. The van der Waals surface area contributed by atoms with Crippen LogP contribution in [0.15, 0.2) is 6.07 Å². The molecule has 1 aromatic heterocycles. The monoisotopic (exact) mass is 327 g/mol. The molecule has 0 aromatic carbocycles. The summed E-state index contributed by atoms with van der Waals surface area (Å²) in [7, 11) is 1.81. The second-order valence-electron chi connectivity index (χ2n) is 5.85. The quantitative estimate of drug-likeness (QED) is 0.868. The summed E-state index contributed by atoms with van der Waals surface area (Å²) < 4.78 is 1.65. The van der Waals surface area contributed by atoms with E-state index in [1.54, 1.807) is 4.68 Å². The molecule has 4 nitrogen and oxygen atoms in total. The van der Waals surface area contributed by atoms with Gasteiger partial charge in [0.2, 0.25) is 0 Å². The van der Waals surface area contributed by atoms with Crippen molar-refractivity contribution in [2.75, 3.05) is 5.33 Å². The molecule has 106 valence electrons. The van der Waals surface area contributed by atoms with Gasteiger partial charge in [-0.15, -0.1) is 0 Å². The zero-order valence-electron chi connectivity index (χ0n) is 11.9. The SMILES string of the molecule is Cc1cc(C(=O)NC2(CBr)CCC(C)CC2)n(C)n1. The van der Waals surface area contributed by atoms with E-state index in [1.807, 2.05) is 20.0 Å². The number of aryl methyl sites for hydroxylation is 2. The largest absolute Gasteiger partial charge is 0.344 e. The van der Waals surface area contributed by atoms with Crippen LogP contribution in [0.5, 0.6) is 0 Å². The molecular formula is C14H22BrN3O. The first kappa shape index (κ1) is 14.6. The summed E-state index contributed by atoms with van der Waals surface area (Å²) in [5.74, 6) is 0.750. The minimum absolute atomic E-state index is 0.0166. The van der Waals surface area contributed by atoms with Crippen molar-refractivity contribution in [1.82, 2.24) is 15.1 Å². The second kappa shape index (κ2) is 5.65. The van der Waals surface area contributed by atoms with Crippen LogP contribution in [0, 0.1) is 12.8 Å². The van der Waals surface area contributed by atoms with E-state index in [0.717, 1.165) is 29.8 Å². The lowest BCUT2D eigenvalue weighted by molar-refractivity contribution is 0.0864. The van der Waals surface area contributed by atoms with Crippen LogP contribution in [0.25, 0.3) is 0 Å². The number of aromatic nitrogens is 2. The van der Waals surface area contributed by atoms with Crippen LogP contribution in [0.2, 0.25) is 0 Å². The van der Waals surface area contributed by atoms with Gasteiger partial charge in [0, 0.05) is 12.4 Å². The number of amides is 1. The standard InChI is InChI=1S/C14H22BrN3O/c1-10-4-6-14(9-15,7-5-10)16-13(19)12-8-11(2)17-18(12)3/h8,10H,4-7,9H2,1-3H3,(H,16,19). The molecule has 0 radical (unpaired) electrons. The van der Waals surface area contributed by atoms with Gasteiger partial charge in [-0.3, -0.25) is 9.48 Å². The highest BCUT2D eigenvalue weighted by Crippen LogP contribution is 2.33. The lowest BCUT2D eigenvalue weighted by Crippen LogP contribution is -2.52. The van der Waals surface area contributed by atoms with Gasteiger partial charge in [0.05, 0.1) is 11.2 Å². The molecule has 0 unspecified atom stereocenters. The number of alkyl halides is 1. The summed E-state index contributed by atoms with van der Waals surface area (Å²) in [5.41, 5.74) is 1.41. The smallest absolute Gasteiger partial charge is 0.270 e. The van der Waals surface area contributed by atoms with Gasteiger partial charge in [0.1, 0.15) is 5.69 Å². The van der Waals surface area contributed by atoms with Crippen molar-refractivity contribution >= 4 is 21.8 Å². The van der Waals surface area contributed by atoms with Crippen molar-refractivity contribution in [3.8, 4) is 0 Å². The molecule has 1 fully saturated rings. The van der Waals surface area contributed by atoms with E-state index >= 15 is 0 Å². The number of rotatable bonds is 3. The fraction of sp³-hybridized carbons (Fsp3) is 0.714. The Labute approximate surface area is 123 Å². The number of carbonyl (C=O) groups is 1. The number of hydrogen-bond donors (Lipinski definition) is 1. The zero-order chi connectivity index (χ0) is 14.0. The predicted octanol–water partition coefficient (Wildman–Crippen LogP) is 2.80. The van der Waals surface area contributed by atoms with Crippen molar-refractivity contribution < 1.29 is 4.79 Å². The Bertz CT molecular complexity index is 461. The van der Waals surface area contributed by atoms with Crippen LogP contribution in [0.1, 0.15) is 48.8 Å². The fourth-order valence-electron chi connectivity index (χ4n) is 2.73. The topological polar surface area (TPSA) is 46.9 Å². The van der Waals surface area contributed by atoms with Crippen molar-refractivity contribution in [3.05, 3.63) is 17.5 Å². The zero-order valence-corrected chi connectivity index (χ0v) is 13.5. The Balaban J connectivity index is 2.10. The second-order valence-corrected chi connectivity index (χ2v) is 6.41. The van der Waals surface area contributed by atoms with E-state index in [0.29, 0.717) is 5.69 Å². The number of hydrogen-bond acceptors (Lipinski definition) is 2. The van der Waals surface area contributed by atoms with Crippen LogP contribution in [0.4, 0.5) is 0 Å². The molecule has 5 heteroatoms. The Morgan fingerprint density at radius 1 is 1.58 bits per heavy atom. The lowest BCUT2D eigenvalue weighted by Gasteiger charge is -2.38. The average Bonchev–Trinajstić information content (AvgIpc) is 2.72. The predicted molar refractivity (Wildman–Crippen MR) is 79.6 cm³/mol. The van der Waals surface area contributed by atoms with Gasteiger partial charge < -0.3 is 5.32 Å². The van der Waals surface area contributed by atoms with Crippen LogP contribution in [0.3, 0.4) is 0 Å². The van der Waals surface area contributed by atoms with Gasteiger partial charge in [0.15, 0.2) is 0 Å². The molecule has 0 aliphatic heterocycles. The maximum Gasteiger partial charge on any atom is 0.270 e. The maximum atomic E-state index is 12.4. The van der Waals surface area contributed by atoms with E-state index in [1.165, 1.54) is 12.8 Å². The average molecular weight is 328 g/mol. The molecule has 1 amide bonds. The summed E-state index contributed by atoms with van der Waals surface area (Å²) in [5, 5.41) is 8.27. The van der Waals surface area contributed by atoms with Gasteiger partial charge in [-0.2, -0.15) is 5.10 Å². The molecule has 0 atom stereocenters. The van der Waals surface area contributed by atoms with Crippen LogP contribution < -0.4 is 5.32 Å². The number of carbonyl (C=O) groups excluding carboxylic acids is 1. The highest BCUT2D eigenvalue weighted by molar-refractivity contribution is 9.09. The van der Waals surface area contributed by atoms with Crippen LogP contribution >= 0.6 is 15.9 Å². The molecule has 2 rings (SSSR count). The fourth-order valence-corrected chi connectivity index (χ4v) is 3.44. The first-order valence-electron chi connectivity index (χ1n) is 6.85. The van der Waals surface area contributed by atoms with Gasteiger partial charge in [-0.1, -0.05) is 22.9 Å². The van der Waals surface area contributed by atoms with E-state index in [-0.39, 0.29) is 11.4 Å². The summed E-state index contributed by atoms with van der Waals surface area (Å²) in [6.07, 6.45) is 4.44. The highest BCUT2D eigenvalue weighted by Gasteiger charge is 2.35. The van der Waals surface area contributed by atoms with E-state index in [2.05, 4.69) is 33.3 Å². The summed E-state index contributed by atoms with van der Waals surface area (Å²) >= 11 is 3.58. The molecule has 0 bridgehead atoms. The summed E-state index contributed by atoms with van der Waals surface area (Å²) in [6.45, 7) is 4.18. The number of nitrogens with one attached hydrogen (secondary N) is 1. The molecule has 0 spiro atoms. The van der Waals surface area contributed by atoms with Crippen molar-refractivity contribution in [1.29, 1.82) is 0 Å². The normalized spacial score (nSPS) is 27.3. The Hall–Kier alpha value is -0.840. The van der Waals surface area contributed by atoms with E-state index < -0.39 is 0 Å². The molecule has 1 saturated carbocycles. The number of halogens is 1. The highest BCUT2D eigenvalue weighted by atomic mass is 79.9. The summed E-state index contributed by atoms with van der Waals surface area (Å²) in [6, 6.07) is 1.84. The van der Waals surface area contributed by atoms with Gasteiger partial charge in [0.25, 0.3) is 5.91 Å². The van der Waals surface area contributed by atoms with Crippen LogP contribution in [-0.4, -0.2) is 26.6 Å². The maximum absolute atomic E-state index is 12.4. The Kier molecular flexibility index (Phi) is 4.33. The Morgan fingerprint density at radius 3 is 2.68 bits per heavy atom. The van der Waals surface area contributed by atoms with Gasteiger partial charge in [-0.25, -0.2) is 0 Å². The molecule has 1 aliphatic rings. The van der Waals surface area contributed by atoms with Crippen molar-refractivity contribution in [2.24, 2.45) is 13.0 Å². The Morgan fingerprint density at radius 2 is 2.21 bits per heavy atom. The minimum atomic E-state index is -0.0955. The lowest BCUT2D eigenvalue weighted by atomic mass is 9.78. The van der Waals surface area contributed by atoms with Gasteiger partial charge in [-0.05, 0) is 44.6 Å². The molecule has 19 heavy (non-hydrogen) atoms. The molecule has 1 aromatic rings. The van der Waals surface area contributed by atoms with Crippen LogP contribution in [-0.2, 0) is 7.05 Å². The van der Waals surface area contributed by atoms with Gasteiger partial charge >= 0.3 is 0 Å². The molecule has 1 heterocycles. The van der Waals surface area contributed by atoms with Crippen molar-refractivity contribution in [3.63, 3.8) is 0 Å². The molecule has 1 N–H and O–H groups in total.